The first-order chi connectivity index (χ1) is 7.68. The Kier molecular flexibility index (Phi) is 3.43. The van der Waals surface area contributed by atoms with Gasteiger partial charge in [0, 0.05) is 0 Å². The third-order valence-electron chi connectivity index (χ3n) is 5.09. The molecule has 0 saturated heterocycles. The molecule has 0 aliphatic heterocycles. The van der Waals surface area contributed by atoms with Crippen LogP contribution in [0.25, 0.3) is 0 Å². The Bertz CT molecular complexity index is 268. The molecule has 97 valence electrons. The molecular weight excluding hydrogens is 203 g/mol. The molecule has 2 aliphatic rings. The van der Waals surface area contributed by atoms with Crippen LogP contribution in [0.2, 0.25) is 11.1 Å². The smallest absolute Gasteiger partial charge is 0.0674 e. The molecule has 1 heteroatoms. The predicted molar refractivity (Wildman–Crippen MR) is 77.6 cm³/mol. The Balaban J connectivity index is 1.91. The quantitative estimate of drug-likeness (QED) is 0.576. The molecule has 2 saturated carbocycles. The molecule has 0 nitrogen and oxygen atoms in total. The van der Waals surface area contributed by atoms with E-state index in [0.717, 1.165) is 23.6 Å². The van der Waals surface area contributed by atoms with Crippen molar-refractivity contribution < 1.29 is 0 Å². The highest BCUT2D eigenvalue weighted by Gasteiger charge is 2.48. The first kappa shape index (κ1) is 13.5. The second kappa shape index (κ2) is 4.32. The maximum atomic E-state index is 2.64. The summed E-state index contributed by atoms with van der Waals surface area (Å²) in [5.74, 6) is 3.97. The van der Waals surface area contributed by atoms with Crippen LogP contribution in [0.1, 0.15) is 67.2 Å². The van der Waals surface area contributed by atoms with Crippen molar-refractivity contribution in [1.29, 1.82) is 0 Å². The molecule has 2 fully saturated rings. The van der Waals surface area contributed by atoms with Crippen molar-refractivity contribution in [1.82, 2.24) is 0 Å². The molecule has 4 unspecified atom stereocenters. The monoisotopic (exact) mass is 233 g/mol. The zero-order chi connectivity index (χ0) is 12.8. The largest absolute Gasteiger partial charge is 0.121 e. The summed E-state index contributed by atoms with van der Waals surface area (Å²) >= 11 is 0. The van der Waals surface area contributed by atoms with Gasteiger partial charge in [0.15, 0.2) is 0 Å². The summed E-state index contributed by atoms with van der Waals surface area (Å²) < 4.78 is 0. The van der Waals surface area contributed by atoms with Crippen LogP contribution in [0.3, 0.4) is 0 Å². The summed E-state index contributed by atoms with van der Waals surface area (Å²) in [4.78, 5) is 0. The van der Waals surface area contributed by atoms with Gasteiger partial charge in [0.1, 0.15) is 7.28 Å². The standard InChI is InChI=1S/C16H30B/c1-15(2,3)13-9-7-11(13)12-8-10-14(12)17-16(4,5)6/h11-14H,7-10H2,1-6H3. The summed E-state index contributed by atoms with van der Waals surface area (Å²) in [6, 6.07) is 0. The fraction of sp³-hybridized carbons (Fsp3) is 1.00. The molecule has 2 aliphatic carbocycles. The second-order valence-corrected chi connectivity index (χ2v) is 8.65. The molecular formula is C16H30B. The molecule has 0 aromatic carbocycles. The summed E-state index contributed by atoms with van der Waals surface area (Å²) in [5, 5.41) is 0.407. The van der Waals surface area contributed by atoms with Crippen molar-refractivity contribution in [2.45, 2.75) is 78.4 Å². The zero-order valence-corrected chi connectivity index (χ0v) is 12.7. The van der Waals surface area contributed by atoms with Crippen LogP contribution >= 0.6 is 0 Å². The Labute approximate surface area is 109 Å². The lowest BCUT2D eigenvalue weighted by molar-refractivity contribution is -0.0125. The van der Waals surface area contributed by atoms with Crippen molar-refractivity contribution in [3.05, 3.63) is 0 Å². The highest BCUT2D eigenvalue weighted by molar-refractivity contribution is 6.42. The minimum absolute atomic E-state index is 0.407. The fourth-order valence-electron chi connectivity index (χ4n) is 4.05. The van der Waals surface area contributed by atoms with Gasteiger partial charge in [-0.2, -0.15) is 0 Å². The predicted octanol–water partition coefficient (Wildman–Crippen LogP) is 5.18. The number of hydrogen-bond acceptors (Lipinski definition) is 0. The van der Waals surface area contributed by atoms with E-state index < -0.39 is 0 Å². The molecule has 0 amide bonds. The lowest BCUT2D eigenvalue weighted by Gasteiger charge is -2.55. The molecule has 4 atom stereocenters. The van der Waals surface area contributed by atoms with E-state index in [2.05, 4.69) is 48.8 Å². The van der Waals surface area contributed by atoms with Gasteiger partial charge in [0.2, 0.25) is 0 Å². The topological polar surface area (TPSA) is 0 Å². The van der Waals surface area contributed by atoms with Gasteiger partial charge in [-0.15, -0.1) is 0 Å². The van der Waals surface area contributed by atoms with Crippen molar-refractivity contribution in [3.63, 3.8) is 0 Å². The maximum Gasteiger partial charge on any atom is 0.121 e. The normalized spacial score (nSPS) is 38.2. The van der Waals surface area contributed by atoms with Crippen LogP contribution in [0, 0.1) is 23.2 Å². The number of hydrogen-bond donors (Lipinski definition) is 0. The van der Waals surface area contributed by atoms with Gasteiger partial charge in [-0.3, -0.25) is 0 Å². The van der Waals surface area contributed by atoms with Gasteiger partial charge >= 0.3 is 0 Å². The first-order valence-corrected chi connectivity index (χ1v) is 7.54. The van der Waals surface area contributed by atoms with Gasteiger partial charge in [-0.1, -0.05) is 65.5 Å². The molecule has 1 radical (unpaired) electrons. The Morgan fingerprint density at radius 2 is 1.35 bits per heavy atom. The van der Waals surface area contributed by atoms with Gasteiger partial charge < -0.3 is 0 Å². The highest BCUT2D eigenvalue weighted by atomic mass is 14.5. The van der Waals surface area contributed by atoms with Crippen LogP contribution < -0.4 is 0 Å². The van der Waals surface area contributed by atoms with Crippen LogP contribution in [-0.2, 0) is 0 Å². The van der Waals surface area contributed by atoms with Crippen LogP contribution in [0.5, 0.6) is 0 Å². The first-order valence-electron chi connectivity index (χ1n) is 7.54. The average Bonchev–Trinajstić information content (AvgIpc) is 2.02. The van der Waals surface area contributed by atoms with E-state index >= 15 is 0 Å². The van der Waals surface area contributed by atoms with E-state index in [4.69, 9.17) is 0 Å². The van der Waals surface area contributed by atoms with Crippen LogP contribution in [-0.4, -0.2) is 7.28 Å². The Morgan fingerprint density at radius 3 is 1.65 bits per heavy atom. The van der Waals surface area contributed by atoms with Crippen molar-refractivity contribution in [2.24, 2.45) is 23.2 Å². The lowest BCUT2D eigenvalue weighted by atomic mass is 9.37. The van der Waals surface area contributed by atoms with E-state index in [1.165, 1.54) is 25.7 Å². The van der Waals surface area contributed by atoms with Crippen LogP contribution in [0.15, 0.2) is 0 Å². The summed E-state index contributed by atoms with van der Waals surface area (Å²) in [5.41, 5.74) is 0.533. The van der Waals surface area contributed by atoms with E-state index in [-0.39, 0.29) is 0 Å². The molecule has 0 N–H and O–H groups in total. The van der Waals surface area contributed by atoms with Crippen molar-refractivity contribution in [2.75, 3.05) is 0 Å². The van der Waals surface area contributed by atoms with Crippen molar-refractivity contribution in [3.8, 4) is 0 Å². The third kappa shape index (κ3) is 2.91. The second-order valence-electron chi connectivity index (χ2n) is 8.65. The Morgan fingerprint density at radius 1 is 0.765 bits per heavy atom. The lowest BCUT2D eigenvalue weighted by Crippen LogP contribution is -2.46. The molecule has 17 heavy (non-hydrogen) atoms. The fourth-order valence-corrected chi connectivity index (χ4v) is 4.05. The number of rotatable bonds is 2. The minimum Gasteiger partial charge on any atom is -0.0674 e. The molecule has 2 rings (SSSR count). The van der Waals surface area contributed by atoms with Gasteiger partial charge in [0.05, 0.1) is 0 Å². The molecule has 0 heterocycles. The van der Waals surface area contributed by atoms with Crippen LogP contribution in [0.4, 0.5) is 0 Å². The molecule has 0 spiro atoms. The summed E-state index contributed by atoms with van der Waals surface area (Å²) in [7, 11) is 2.64. The molecule has 0 bridgehead atoms. The molecule has 0 aromatic rings. The van der Waals surface area contributed by atoms with Gasteiger partial charge in [-0.25, -0.2) is 0 Å². The third-order valence-corrected chi connectivity index (χ3v) is 5.09. The average molecular weight is 233 g/mol. The van der Waals surface area contributed by atoms with Crippen molar-refractivity contribution >= 4 is 7.28 Å². The summed E-state index contributed by atoms with van der Waals surface area (Å²) in [6.45, 7) is 14.4. The highest BCUT2D eigenvalue weighted by Crippen LogP contribution is 2.58. The minimum atomic E-state index is 0.407. The molecule has 0 aromatic heterocycles. The van der Waals surface area contributed by atoms with E-state index in [1.54, 1.807) is 0 Å². The summed E-state index contributed by atoms with van der Waals surface area (Å²) in [6.07, 6.45) is 5.93. The van der Waals surface area contributed by atoms with Gasteiger partial charge in [-0.05, 0) is 36.0 Å². The van der Waals surface area contributed by atoms with E-state index in [9.17, 15) is 0 Å². The van der Waals surface area contributed by atoms with E-state index in [0.29, 0.717) is 10.7 Å². The maximum absolute atomic E-state index is 2.64. The Hall–Kier alpha value is 0.0649. The zero-order valence-electron chi connectivity index (χ0n) is 12.7. The van der Waals surface area contributed by atoms with Gasteiger partial charge in [0.25, 0.3) is 0 Å². The SMILES string of the molecule is CC(C)(C)[B]C1CCC1C1CCC1C(C)(C)C. The van der Waals surface area contributed by atoms with E-state index in [1.807, 2.05) is 0 Å².